The van der Waals surface area contributed by atoms with Crippen molar-refractivity contribution >= 4 is 11.8 Å². The summed E-state index contributed by atoms with van der Waals surface area (Å²) >= 11 is 1.96. The molecule has 108 valence electrons. The van der Waals surface area contributed by atoms with Crippen LogP contribution in [-0.4, -0.2) is 0 Å². The van der Waals surface area contributed by atoms with Gasteiger partial charge in [-0.05, 0) is 17.7 Å². The number of ether oxygens (including phenoxy) is 1. The van der Waals surface area contributed by atoms with Gasteiger partial charge in [0.25, 0.3) is 0 Å². The zero-order chi connectivity index (χ0) is 14.8. The van der Waals surface area contributed by atoms with Crippen LogP contribution < -0.4 is 4.74 Å². The van der Waals surface area contributed by atoms with Gasteiger partial charge in [0.15, 0.2) is 0 Å². The summed E-state index contributed by atoms with van der Waals surface area (Å²) in [4.78, 5) is 0. The minimum Gasteiger partial charge on any atom is -0.457 e. The SMILES string of the molecule is c1ccc(CSC2c3ccccc3Oc3ccccc32)cc1. The fourth-order valence-corrected chi connectivity index (χ4v) is 4.10. The Bertz CT molecular complexity index is 737. The average Bonchev–Trinajstić information content (AvgIpc) is 2.59. The number of thioether (sulfide) groups is 1. The van der Waals surface area contributed by atoms with E-state index >= 15 is 0 Å². The molecule has 0 spiro atoms. The maximum absolute atomic E-state index is 6.05. The summed E-state index contributed by atoms with van der Waals surface area (Å²) in [6.45, 7) is 0. The van der Waals surface area contributed by atoms with Gasteiger partial charge >= 0.3 is 0 Å². The van der Waals surface area contributed by atoms with Crippen LogP contribution in [0.4, 0.5) is 0 Å². The molecule has 0 fully saturated rings. The summed E-state index contributed by atoms with van der Waals surface area (Å²) in [7, 11) is 0. The Kier molecular flexibility index (Phi) is 3.61. The molecule has 1 nitrogen and oxygen atoms in total. The first-order valence-corrected chi connectivity index (χ1v) is 8.48. The molecule has 2 heteroatoms. The Hall–Kier alpha value is -2.19. The zero-order valence-electron chi connectivity index (χ0n) is 12.1. The van der Waals surface area contributed by atoms with Crippen molar-refractivity contribution in [1.82, 2.24) is 0 Å². The molecule has 0 bridgehead atoms. The first kappa shape index (κ1) is 13.5. The lowest BCUT2D eigenvalue weighted by Gasteiger charge is -2.27. The second-order valence-corrected chi connectivity index (χ2v) is 6.45. The maximum Gasteiger partial charge on any atom is 0.132 e. The molecule has 3 aromatic carbocycles. The van der Waals surface area contributed by atoms with E-state index in [4.69, 9.17) is 4.74 Å². The van der Waals surface area contributed by atoms with E-state index < -0.39 is 0 Å². The number of hydrogen-bond acceptors (Lipinski definition) is 2. The summed E-state index contributed by atoms with van der Waals surface area (Å²) < 4.78 is 6.05. The molecule has 1 aliphatic heterocycles. The third-order valence-corrected chi connectivity index (χ3v) is 5.22. The van der Waals surface area contributed by atoms with Gasteiger partial charge < -0.3 is 4.74 Å². The number of fused-ring (bicyclic) bond motifs is 2. The van der Waals surface area contributed by atoms with Gasteiger partial charge in [-0.25, -0.2) is 0 Å². The van der Waals surface area contributed by atoms with E-state index in [1.54, 1.807) is 0 Å². The Morgan fingerprint density at radius 1 is 0.682 bits per heavy atom. The molecule has 0 atom stereocenters. The molecule has 0 saturated heterocycles. The van der Waals surface area contributed by atoms with Crippen molar-refractivity contribution in [3.8, 4) is 11.5 Å². The van der Waals surface area contributed by atoms with E-state index in [1.165, 1.54) is 16.7 Å². The highest BCUT2D eigenvalue weighted by molar-refractivity contribution is 7.99. The van der Waals surface area contributed by atoms with Crippen molar-refractivity contribution in [3.63, 3.8) is 0 Å². The minimum absolute atomic E-state index is 0.321. The molecule has 0 N–H and O–H groups in total. The molecule has 1 heterocycles. The lowest BCUT2D eigenvalue weighted by Crippen LogP contribution is -2.07. The number of para-hydroxylation sites is 2. The van der Waals surface area contributed by atoms with Gasteiger partial charge in [0, 0.05) is 16.9 Å². The molecule has 22 heavy (non-hydrogen) atoms. The molecule has 0 amide bonds. The third kappa shape index (κ3) is 2.51. The van der Waals surface area contributed by atoms with Gasteiger partial charge in [-0.2, -0.15) is 0 Å². The van der Waals surface area contributed by atoms with Crippen LogP contribution in [0.5, 0.6) is 11.5 Å². The Balaban J connectivity index is 1.69. The number of hydrogen-bond donors (Lipinski definition) is 0. The van der Waals surface area contributed by atoms with Gasteiger partial charge in [-0.15, -0.1) is 11.8 Å². The van der Waals surface area contributed by atoms with Gasteiger partial charge in [-0.1, -0.05) is 66.7 Å². The van der Waals surface area contributed by atoms with E-state index in [0.717, 1.165) is 17.3 Å². The summed E-state index contributed by atoms with van der Waals surface area (Å²) in [6.07, 6.45) is 0. The molecule has 0 radical (unpaired) electrons. The van der Waals surface area contributed by atoms with E-state index in [0.29, 0.717) is 5.25 Å². The quantitative estimate of drug-likeness (QED) is 0.603. The molecule has 3 aromatic rings. The predicted molar refractivity (Wildman–Crippen MR) is 92.5 cm³/mol. The Morgan fingerprint density at radius 3 is 1.86 bits per heavy atom. The highest BCUT2D eigenvalue weighted by Gasteiger charge is 2.26. The third-order valence-electron chi connectivity index (χ3n) is 3.88. The first-order chi connectivity index (χ1) is 10.9. The predicted octanol–water partition coefficient (Wildman–Crippen LogP) is 5.82. The molecule has 0 unspecified atom stereocenters. The molecular formula is C20H16OS. The summed E-state index contributed by atoms with van der Waals surface area (Å²) in [5.74, 6) is 2.95. The molecule has 0 saturated carbocycles. The van der Waals surface area contributed by atoms with Gasteiger partial charge in [0.2, 0.25) is 0 Å². The lowest BCUT2D eigenvalue weighted by molar-refractivity contribution is 0.459. The summed E-state index contributed by atoms with van der Waals surface area (Å²) in [5.41, 5.74) is 3.89. The van der Waals surface area contributed by atoms with Crippen molar-refractivity contribution in [2.45, 2.75) is 11.0 Å². The molecule has 4 rings (SSSR count). The smallest absolute Gasteiger partial charge is 0.132 e. The van der Waals surface area contributed by atoms with E-state index in [-0.39, 0.29) is 0 Å². The normalized spacial score (nSPS) is 13.1. The second kappa shape index (κ2) is 5.90. The molecule has 1 aliphatic rings. The lowest BCUT2D eigenvalue weighted by atomic mass is 10.00. The van der Waals surface area contributed by atoms with Crippen molar-refractivity contribution in [2.24, 2.45) is 0 Å². The summed E-state index contributed by atoms with van der Waals surface area (Å²) in [5, 5.41) is 0.321. The average molecular weight is 304 g/mol. The van der Waals surface area contributed by atoms with Crippen LogP contribution >= 0.6 is 11.8 Å². The Labute approximate surface area is 135 Å². The fraction of sp³-hybridized carbons (Fsp3) is 0.100. The van der Waals surface area contributed by atoms with Gasteiger partial charge in [0.05, 0.1) is 5.25 Å². The van der Waals surface area contributed by atoms with Crippen molar-refractivity contribution in [3.05, 3.63) is 95.6 Å². The standard InChI is InChI=1S/C20H16OS/c1-2-8-15(9-3-1)14-22-20-16-10-4-6-12-18(16)21-19-13-7-5-11-17(19)20/h1-13,20H,14H2. The number of benzene rings is 3. The van der Waals surface area contributed by atoms with Gasteiger partial charge in [-0.3, -0.25) is 0 Å². The monoisotopic (exact) mass is 304 g/mol. The van der Waals surface area contributed by atoms with E-state index in [9.17, 15) is 0 Å². The van der Waals surface area contributed by atoms with E-state index in [2.05, 4.69) is 66.7 Å². The highest BCUT2D eigenvalue weighted by atomic mass is 32.2. The van der Waals surface area contributed by atoms with Crippen LogP contribution in [0.1, 0.15) is 21.9 Å². The summed E-state index contributed by atoms with van der Waals surface area (Å²) in [6, 6.07) is 27.3. The van der Waals surface area contributed by atoms with E-state index in [1.807, 2.05) is 23.9 Å². The Morgan fingerprint density at radius 2 is 1.23 bits per heavy atom. The highest BCUT2D eigenvalue weighted by Crippen LogP contribution is 2.49. The van der Waals surface area contributed by atoms with Gasteiger partial charge in [0.1, 0.15) is 11.5 Å². The topological polar surface area (TPSA) is 9.23 Å². The first-order valence-electron chi connectivity index (χ1n) is 7.43. The van der Waals surface area contributed by atoms with Crippen LogP contribution in [-0.2, 0) is 5.75 Å². The molecule has 0 aromatic heterocycles. The molecular weight excluding hydrogens is 288 g/mol. The number of rotatable bonds is 3. The van der Waals surface area contributed by atoms with Crippen LogP contribution in [0.15, 0.2) is 78.9 Å². The van der Waals surface area contributed by atoms with Crippen molar-refractivity contribution in [1.29, 1.82) is 0 Å². The zero-order valence-corrected chi connectivity index (χ0v) is 12.9. The van der Waals surface area contributed by atoms with Crippen molar-refractivity contribution < 1.29 is 4.74 Å². The van der Waals surface area contributed by atoms with Crippen molar-refractivity contribution in [2.75, 3.05) is 0 Å². The maximum atomic E-state index is 6.05. The van der Waals surface area contributed by atoms with Crippen LogP contribution in [0.3, 0.4) is 0 Å². The minimum atomic E-state index is 0.321. The van der Waals surface area contributed by atoms with Crippen LogP contribution in [0, 0.1) is 0 Å². The molecule has 0 aliphatic carbocycles. The van der Waals surface area contributed by atoms with Crippen LogP contribution in [0.25, 0.3) is 0 Å². The fourth-order valence-electron chi connectivity index (χ4n) is 2.80. The largest absolute Gasteiger partial charge is 0.457 e. The second-order valence-electron chi connectivity index (χ2n) is 5.35. The van der Waals surface area contributed by atoms with Crippen LogP contribution in [0.2, 0.25) is 0 Å².